The number of nitrogens with one attached hydrogen (secondary N) is 1. The van der Waals surface area contributed by atoms with E-state index >= 15 is 0 Å². The molecule has 37 heavy (non-hydrogen) atoms. The number of rotatable bonds is 6. The highest BCUT2D eigenvalue weighted by atomic mass is 32.2. The number of methoxy groups -OCH3 is 1. The summed E-state index contributed by atoms with van der Waals surface area (Å²) in [6, 6.07) is 23.3. The van der Waals surface area contributed by atoms with Crippen molar-refractivity contribution in [2.24, 2.45) is 0 Å². The Labute approximate surface area is 216 Å². The predicted molar refractivity (Wildman–Crippen MR) is 141 cm³/mol. The van der Waals surface area contributed by atoms with Crippen LogP contribution in [0.15, 0.2) is 83.8 Å². The molecule has 4 aromatic rings. The SMILES string of the molecule is COc1ccc(C)cc1[C@@]1(C(=O)NS(=O)(=O)c2cccc3nc(C)ccc23)CC[C@H](c2ccccc2)O1. The molecule has 190 valence electrons. The molecule has 1 aliphatic heterocycles. The van der Waals surface area contributed by atoms with E-state index in [0.29, 0.717) is 28.6 Å². The van der Waals surface area contributed by atoms with Gasteiger partial charge in [-0.1, -0.05) is 48.0 Å². The van der Waals surface area contributed by atoms with Crippen LogP contribution in [0.1, 0.15) is 41.3 Å². The Hall–Kier alpha value is -3.75. The normalized spacial score (nSPS) is 19.6. The minimum Gasteiger partial charge on any atom is -0.496 e. The topological polar surface area (TPSA) is 94.6 Å². The number of pyridine rings is 1. The van der Waals surface area contributed by atoms with E-state index in [2.05, 4.69) is 9.71 Å². The summed E-state index contributed by atoms with van der Waals surface area (Å²) in [5.41, 5.74) is 2.05. The molecule has 0 aliphatic carbocycles. The van der Waals surface area contributed by atoms with Crippen molar-refractivity contribution in [1.82, 2.24) is 9.71 Å². The van der Waals surface area contributed by atoms with Gasteiger partial charge in [-0.3, -0.25) is 9.78 Å². The molecule has 2 atom stereocenters. The second-order valence-corrected chi connectivity index (χ2v) is 10.9. The van der Waals surface area contributed by atoms with Crippen molar-refractivity contribution in [2.45, 2.75) is 43.3 Å². The Morgan fingerprint density at radius 1 is 1.03 bits per heavy atom. The van der Waals surface area contributed by atoms with E-state index in [4.69, 9.17) is 9.47 Å². The van der Waals surface area contributed by atoms with E-state index < -0.39 is 21.5 Å². The largest absolute Gasteiger partial charge is 0.496 e. The lowest BCUT2D eigenvalue weighted by atomic mass is 9.88. The Morgan fingerprint density at radius 3 is 2.57 bits per heavy atom. The molecule has 0 radical (unpaired) electrons. The van der Waals surface area contributed by atoms with Crippen LogP contribution in [-0.4, -0.2) is 26.4 Å². The summed E-state index contributed by atoms with van der Waals surface area (Å²) in [7, 11) is -2.74. The summed E-state index contributed by atoms with van der Waals surface area (Å²) in [6.45, 7) is 3.74. The zero-order chi connectivity index (χ0) is 26.2. The van der Waals surface area contributed by atoms with Gasteiger partial charge in [0.15, 0.2) is 5.60 Å². The average molecular weight is 517 g/mol. The Morgan fingerprint density at radius 2 is 1.81 bits per heavy atom. The third kappa shape index (κ3) is 4.58. The first kappa shape index (κ1) is 24.9. The molecule has 1 N–H and O–H groups in total. The number of hydrogen-bond acceptors (Lipinski definition) is 6. The predicted octanol–water partition coefficient (Wildman–Crippen LogP) is 5.11. The van der Waals surface area contributed by atoms with Crippen LogP contribution in [0.3, 0.4) is 0 Å². The second kappa shape index (κ2) is 9.61. The summed E-state index contributed by atoms with van der Waals surface area (Å²) in [5, 5.41) is 0.435. The van der Waals surface area contributed by atoms with Gasteiger partial charge in [0.05, 0.1) is 23.6 Å². The Kier molecular flexibility index (Phi) is 6.47. The van der Waals surface area contributed by atoms with Gasteiger partial charge in [-0.15, -0.1) is 0 Å². The molecule has 0 bridgehead atoms. The molecule has 1 amide bonds. The third-order valence-electron chi connectivity index (χ3n) is 6.78. The fraction of sp³-hybridized carbons (Fsp3) is 0.241. The van der Waals surface area contributed by atoms with Crippen LogP contribution >= 0.6 is 0 Å². The molecule has 0 unspecified atom stereocenters. The fourth-order valence-corrected chi connectivity index (χ4v) is 6.18. The van der Waals surface area contributed by atoms with Gasteiger partial charge in [0.1, 0.15) is 5.75 Å². The molecule has 1 fully saturated rings. The molecule has 1 aliphatic rings. The van der Waals surface area contributed by atoms with E-state index in [1.165, 1.54) is 13.2 Å². The number of nitrogens with zero attached hydrogens (tertiary/aromatic N) is 1. The highest BCUT2D eigenvalue weighted by molar-refractivity contribution is 7.90. The first-order valence-electron chi connectivity index (χ1n) is 12.0. The minimum atomic E-state index is -4.25. The number of carbonyl (C=O) groups excluding carboxylic acids is 1. The van der Waals surface area contributed by atoms with Gasteiger partial charge in [-0.25, -0.2) is 13.1 Å². The number of fused-ring (bicyclic) bond motifs is 1. The summed E-state index contributed by atoms with van der Waals surface area (Å²) in [5.74, 6) is -0.302. The van der Waals surface area contributed by atoms with Gasteiger partial charge in [0.25, 0.3) is 15.9 Å². The Balaban J connectivity index is 1.58. The standard InChI is InChI=1S/C29H28N2O5S/c1-19-12-15-26(35-3)23(18-19)29(17-16-25(36-29)21-8-5-4-6-9-21)28(32)31-37(33,34)27-11-7-10-24-22(27)14-13-20(2)30-24/h4-15,18,25H,16-17H2,1-3H3,(H,31,32)/t25-,29-/m1/s1. The van der Waals surface area contributed by atoms with Crippen molar-refractivity contribution >= 4 is 26.8 Å². The van der Waals surface area contributed by atoms with Gasteiger partial charge in [0.2, 0.25) is 0 Å². The van der Waals surface area contributed by atoms with E-state index in [-0.39, 0.29) is 17.4 Å². The lowest BCUT2D eigenvalue weighted by Gasteiger charge is -2.30. The lowest BCUT2D eigenvalue weighted by molar-refractivity contribution is -0.145. The highest BCUT2D eigenvalue weighted by Crippen LogP contribution is 2.49. The molecule has 0 saturated carbocycles. The van der Waals surface area contributed by atoms with E-state index in [1.807, 2.05) is 56.3 Å². The van der Waals surface area contributed by atoms with Crippen molar-refractivity contribution in [3.63, 3.8) is 0 Å². The maximum atomic E-state index is 14.0. The van der Waals surface area contributed by atoms with Crippen molar-refractivity contribution in [1.29, 1.82) is 0 Å². The maximum Gasteiger partial charge on any atom is 0.270 e. The van der Waals surface area contributed by atoms with Gasteiger partial charge in [0, 0.05) is 16.6 Å². The Bertz CT molecular complexity index is 1590. The monoisotopic (exact) mass is 516 g/mol. The minimum absolute atomic E-state index is 0.0187. The van der Waals surface area contributed by atoms with E-state index in [9.17, 15) is 13.2 Å². The number of aryl methyl sites for hydroxylation is 2. The third-order valence-corrected chi connectivity index (χ3v) is 8.17. The number of hydrogen-bond donors (Lipinski definition) is 1. The summed E-state index contributed by atoms with van der Waals surface area (Å²) in [4.78, 5) is 18.4. The van der Waals surface area contributed by atoms with Crippen LogP contribution < -0.4 is 9.46 Å². The number of aromatic nitrogens is 1. The molecule has 2 heterocycles. The molecule has 5 rings (SSSR count). The number of amides is 1. The van der Waals surface area contributed by atoms with Crippen LogP contribution in [0.2, 0.25) is 0 Å². The van der Waals surface area contributed by atoms with E-state index in [1.54, 1.807) is 30.3 Å². The average Bonchev–Trinajstić information content (AvgIpc) is 3.35. The zero-order valence-electron chi connectivity index (χ0n) is 20.9. The van der Waals surface area contributed by atoms with Gasteiger partial charge in [-0.2, -0.15) is 0 Å². The van der Waals surface area contributed by atoms with Crippen LogP contribution in [0.4, 0.5) is 0 Å². The van der Waals surface area contributed by atoms with Gasteiger partial charge >= 0.3 is 0 Å². The molecule has 3 aromatic carbocycles. The quantitative estimate of drug-likeness (QED) is 0.383. The van der Waals surface area contributed by atoms with Crippen LogP contribution in [0.5, 0.6) is 5.75 Å². The molecule has 1 saturated heterocycles. The summed E-state index contributed by atoms with van der Waals surface area (Å²) in [6.07, 6.45) is 0.431. The number of sulfonamides is 1. The van der Waals surface area contributed by atoms with Crippen LogP contribution in [0.25, 0.3) is 10.9 Å². The van der Waals surface area contributed by atoms with Crippen LogP contribution in [0, 0.1) is 13.8 Å². The van der Waals surface area contributed by atoms with Crippen LogP contribution in [-0.2, 0) is 25.2 Å². The summed E-state index contributed by atoms with van der Waals surface area (Å²) < 4.78 is 41.6. The number of ether oxygens (including phenoxy) is 2. The van der Waals surface area contributed by atoms with Crippen molar-refractivity contribution in [3.05, 3.63) is 101 Å². The number of benzene rings is 3. The van der Waals surface area contributed by atoms with Crippen molar-refractivity contribution in [2.75, 3.05) is 7.11 Å². The maximum absolute atomic E-state index is 14.0. The first-order chi connectivity index (χ1) is 17.7. The molecule has 8 heteroatoms. The van der Waals surface area contributed by atoms with Gasteiger partial charge < -0.3 is 9.47 Å². The van der Waals surface area contributed by atoms with E-state index in [0.717, 1.165) is 16.8 Å². The lowest BCUT2D eigenvalue weighted by Crippen LogP contribution is -2.46. The smallest absolute Gasteiger partial charge is 0.270 e. The molecular formula is C29H28N2O5S. The fourth-order valence-electron chi connectivity index (χ4n) is 4.94. The molecule has 1 aromatic heterocycles. The summed E-state index contributed by atoms with van der Waals surface area (Å²) >= 11 is 0. The molecule has 0 spiro atoms. The highest BCUT2D eigenvalue weighted by Gasteiger charge is 2.51. The second-order valence-electron chi connectivity index (χ2n) is 9.30. The first-order valence-corrected chi connectivity index (χ1v) is 13.5. The van der Waals surface area contributed by atoms with Crippen molar-refractivity contribution < 1.29 is 22.7 Å². The van der Waals surface area contributed by atoms with Crippen molar-refractivity contribution in [3.8, 4) is 5.75 Å². The number of carbonyl (C=O) groups is 1. The molecular weight excluding hydrogens is 488 g/mol. The van der Waals surface area contributed by atoms with Gasteiger partial charge in [-0.05, 0) is 68.7 Å². The zero-order valence-corrected chi connectivity index (χ0v) is 21.7. The molecule has 7 nitrogen and oxygen atoms in total.